The van der Waals surface area contributed by atoms with E-state index in [9.17, 15) is 0 Å². The lowest BCUT2D eigenvalue weighted by Crippen LogP contribution is -2.39. The molecular weight excluding hydrogens is 215 g/mol. The maximum Gasteiger partial charge on any atom is 0.323 e. The molecule has 0 aromatic carbocycles. The fourth-order valence-corrected chi connectivity index (χ4v) is 1.94. The summed E-state index contributed by atoms with van der Waals surface area (Å²) >= 11 is 0. The summed E-state index contributed by atoms with van der Waals surface area (Å²) in [7, 11) is 1.63. The third-order valence-corrected chi connectivity index (χ3v) is 2.87. The van der Waals surface area contributed by atoms with E-state index < -0.39 is 0 Å². The van der Waals surface area contributed by atoms with Gasteiger partial charge in [-0.1, -0.05) is 6.42 Å². The summed E-state index contributed by atoms with van der Waals surface area (Å²) < 4.78 is 4.76. The Bertz CT molecular complexity index is 194. The van der Waals surface area contributed by atoms with Crippen molar-refractivity contribution in [1.82, 2.24) is 16.0 Å². The summed E-state index contributed by atoms with van der Waals surface area (Å²) in [6.45, 7) is 6.21. The Balaban J connectivity index is 2.04. The topological polar surface area (TPSA) is 57.7 Å². The minimum atomic E-state index is 0.598. The second-order valence-electron chi connectivity index (χ2n) is 4.35. The molecule has 0 amide bonds. The number of nitrogens with zero attached hydrogens (tertiary/aromatic N) is 1. The molecule has 0 aliphatic carbocycles. The average Bonchev–Trinajstić information content (AvgIpc) is 2.47. The first kappa shape index (κ1) is 14.5. The molecule has 1 atom stereocenters. The molecule has 1 aliphatic rings. The molecule has 0 saturated carbocycles. The van der Waals surface area contributed by atoms with Crippen LogP contribution in [-0.2, 0) is 4.65 Å². The molecule has 1 rings (SSSR count). The van der Waals surface area contributed by atoms with Crippen LogP contribution in [0, 0.1) is 0 Å². The summed E-state index contributed by atoms with van der Waals surface area (Å²) in [5.41, 5.74) is 0. The first-order chi connectivity index (χ1) is 8.43. The molecule has 3 N–H and O–H groups in total. The van der Waals surface area contributed by atoms with Crippen molar-refractivity contribution in [3.05, 3.63) is 0 Å². The van der Waals surface area contributed by atoms with Gasteiger partial charge in [-0.15, -0.1) is 0 Å². The summed E-state index contributed by atoms with van der Waals surface area (Å²) in [5, 5.41) is 10.4. The Morgan fingerprint density at radius 3 is 2.88 bits per heavy atom. The zero-order valence-electron chi connectivity index (χ0n) is 10.9. The highest BCUT2D eigenvalue weighted by Gasteiger charge is 2.08. The molecule has 0 bridgehead atoms. The Kier molecular flexibility index (Phi) is 8.99. The van der Waals surface area contributed by atoms with Crippen molar-refractivity contribution in [3.8, 4) is 0 Å². The smallest absolute Gasteiger partial charge is 0.323 e. The molecule has 6 heteroatoms. The van der Waals surface area contributed by atoms with E-state index in [1.165, 1.54) is 19.2 Å². The summed E-state index contributed by atoms with van der Waals surface area (Å²) in [5.74, 6) is 0. The van der Waals surface area contributed by atoms with E-state index >= 15 is 0 Å². The van der Waals surface area contributed by atoms with E-state index in [1.54, 1.807) is 8.05 Å². The van der Waals surface area contributed by atoms with Gasteiger partial charge in [0.25, 0.3) is 0 Å². The number of hydrogen-bond acceptors (Lipinski definition) is 5. The fourth-order valence-electron chi connectivity index (χ4n) is 1.94. The highest BCUT2D eigenvalue weighted by molar-refractivity contribution is 6.02. The summed E-state index contributed by atoms with van der Waals surface area (Å²) in [6.07, 6.45) is 5.09. The first-order valence-corrected chi connectivity index (χ1v) is 6.59. The highest BCUT2D eigenvalue weighted by Crippen LogP contribution is 2.01. The molecule has 5 nitrogen and oxygen atoms in total. The number of rotatable bonds is 6. The van der Waals surface area contributed by atoms with E-state index in [1.807, 2.05) is 0 Å². The molecule has 1 fully saturated rings. The van der Waals surface area contributed by atoms with E-state index in [0.717, 1.165) is 45.7 Å². The average molecular weight is 240 g/mol. The van der Waals surface area contributed by atoms with Crippen molar-refractivity contribution in [1.29, 1.82) is 0 Å². The van der Waals surface area contributed by atoms with Crippen molar-refractivity contribution in [2.75, 3.05) is 39.3 Å². The molecule has 0 spiro atoms. The van der Waals surface area contributed by atoms with Crippen molar-refractivity contribution in [2.45, 2.75) is 25.3 Å². The molecule has 98 valence electrons. The lowest BCUT2D eigenvalue weighted by atomic mass is 10.1. The van der Waals surface area contributed by atoms with Gasteiger partial charge in [-0.2, -0.15) is 0 Å². The first-order valence-electron chi connectivity index (χ1n) is 6.59. The fraction of sp³-hybridized carbons (Fsp3) is 0.909. The minimum Gasteiger partial charge on any atom is -0.560 e. The Labute approximate surface area is 105 Å². The van der Waals surface area contributed by atoms with Gasteiger partial charge in [-0.05, 0) is 12.8 Å². The van der Waals surface area contributed by atoms with E-state index in [-0.39, 0.29) is 0 Å². The molecule has 0 unspecified atom stereocenters. The van der Waals surface area contributed by atoms with Crippen LogP contribution in [-0.4, -0.2) is 59.8 Å². The number of nitrogens with one attached hydrogen (secondary N) is 3. The SMILES string of the molecule is BOC=NCCCC[C@H]1CNCCNCCN1. The summed E-state index contributed by atoms with van der Waals surface area (Å²) in [4.78, 5) is 4.13. The van der Waals surface area contributed by atoms with Crippen LogP contribution in [0.5, 0.6) is 0 Å². The van der Waals surface area contributed by atoms with E-state index in [2.05, 4.69) is 20.9 Å². The van der Waals surface area contributed by atoms with Crippen LogP contribution >= 0.6 is 0 Å². The monoisotopic (exact) mass is 240 g/mol. The van der Waals surface area contributed by atoms with Gasteiger partial charge in [0, 0.05) is 45.3 Å². The van der Waals surface area contributed by atoms with Gasteiger partial charge >= 0.3 is 8.05 Å². The van der Waals surface area contributed by atoms with Crippen molar-refractivity contribution in [3.63, 3.8) is 0 Å². The minimum absolute atomic E-state index is 0.598. The normalized spacial score (nSPS) is 22.9. The predicted octanol–water partition coefficient (Wildman–Crippen LogP) is -1.10. The van der Waals surface area contributed by atoms with Crippen molar-refractivity contribution < 1.29 is 4.65 Å². The lowest BCUT2D eigenvalue weighted by molar-refractivity contribution is 0.449. The van der Waals surface area contributed by atoms with Gasteiger partial charge in [0.05, 0.1) is 0 Å². The second kappa shape index (κ2) is 10.6. The van der Waals surface area contributed by atoms with Crippen LogP contribution in [0.2, 0.25) is 0 Å². The number of unbranched alkanes of at least 4 members (excludes halogenated alkanes) is 1. The largest absolute Gasteiger partial charge is 0.560 e. The maximum absolute atomic E-state index is 4.76. The number of aliphatic imine (C=N–C) groups is 1. The summed E-state index contributed by atoms with van der Waals surface area (Å²) in [6, 6.07) is 0.598. The zero-order valence-corrected chi connectivity index (χ0v) is 10.9. The molecule has 1 heterocycles. The lowest BCUT2D eigenvalue weighted by Gasteiger charge is -2.17. The van der Waals surface area contributed by atoms with Gasteiger partial charge in [-0.25, -0.2) is 0 Å². The Morgan fingerprint density at radius 1 is 1.18 bits per heavy atom. The van der Waals surface area contributed by atoms with Crippen LogP contribution in [0.15, 0.2) is 4.99 Å². The zero-order chi connectivity index (χ0) is 12.2. The molecule has 1 aliphatic heterocycles. The van der Waals surface area contributed by atoms with Gasteiger partial charge in [0.1, 0.15) is 0 Å². The van der Waals surface area contributed by atoms with E-state index in [0.29, 0.717) is 6.04 Å². The third kappa shape index (κ3) is 8.18. The van der Waals surface area contributed by atoms with Gasteiger partial charge in [0.2, 0.25) is 0 Å². The highest BCUT2D eigenvalue weighted by atomic mass is 16.4. The van der Waals surface area contributed by atoms with Crippen LogP contribution in [0.25, 0.3) is 0 Å². The molecule has 0 radical (unpaired) electrons. The molecule has 0 aromatic heterocycles. The van der Waals surface area contributed by atoms with Crippen molar-refractivity contribution >= 4 is 14.4 Å². The molecular formula is C11H25BN4O. The van der Waals surface area contributed by atoms with Gasteiger partial charge in [-0.3, -0.25) is 4.99 Å². The van der Waals surface area contributed by atoms with E-state index in [4.69, 9.17) is 4.65 Å². The molecule has 17 heavy (non-hydrogen) atoms. The second-order valence-corrected chi connectivity index (χ2v) is 4.35. The van der Waals surface area contributed by atoms with Gasteiger partial charge < -0.3 is 20.6 Å². The standard InChI is InChI=1S/C11H25BN4O/c12-17-10-15-4-2-1-3-11-9-14-6-5-13-7-8-16-11/h10-11,13-14,16H,1-9,12H2/t11-/m0/s1. The third-order valence-electron chi connectivity index (χ3n) is 2.87. The van der Waals surface area contributed by atoms with Crippen LogP contribution < -0.4 is 16.0 Å². The van der Waals surface area contributed by atoms with Crippen molar-refractivity contribution in [2.24, 2.45) is 4.99 Å². The quantitative estimate of drug-likeness (QED) is 0.239. The van der Waals surface area contributed by atoms with Crippen LogP contribution in [0.3, 0.4) is 0 Å². The maximum atomic E-state index is 4.76. The van der Waals surface area contributed by atoms with Gasteiger partial charge in [0.15, 0.2) is 6.40 Å². The van der Waals surface area contributed by atoms with Crippen LogP contribution in [0.4, 0.5) is 0 Å². The predicted molar refractivity (Wildman–Crippen MR) is 74.4 cm³/mol. The number of hydrogen-bond donors (Lipinski definition) is 3. The molecule has 0 aromatic rings. The molecule has 1 saturated heterocycles. The van der Waals surface area contributed by atoms with Crippen LogP contribution in [0.1, 0.15) is 19.3 Å². The Morgan fingerprint density at radius 2 is 2.00 bits per heavy atom. The Hall–Kier alpha value is -0.585.